The largest absolute Gasteiger partial charge is 0.478 e. The van der Waals surface area contributed by atoms with Crippen molar-refractivity contribution in [3.05, 3.63) is 16.0 Å². The number of carbonyl (C=O) groups is 3. The third-order valence-corrected chi connectivity index (χ3v) is 5.54. The van der Waals surface area contributed by atoms with Crippen LogP contribution >= 0.6 is 23.1 Å². The number of amidine groups is 1. The van der Waals surface area contributed by atoms with Crippen molar-refractivity contribution >= 4 is 51.1 Å². The van der Waals surface area contributed by atoms with E-state index in [0.717, 1.165) is 4.88 Å². The number of rotatable bonds is 5. The van der Waals surface area contributed by atoms with Crippen LogP contribution in [0.2, 0.25) is 0 Å². The minimum Gasteiger partial charge on any atom is -0.478 e. The molecule has 0 saturated carbocycles. The van der Waals surface area contributed by atoms with Crippen LogP contribution in [0.5, 0.6) is 0 Å². The van der Waals surface area contributed by atoms with Crippen LogP contribution in [-0.2, 0) is 9.59 Å². The number of nitrogens with one attached hydrogen (secondary N) is 2. The second kappa shape index (κ2) is 7.14. The lowest BCUT2D eigenvalue weighted by Crippen LogP contribution is -2.28. The zero-order chi connectivity index (χ0) is 17.1. The van der Waals surface area contributed by atoms with Crippen molar-refractivity contribution in [2.45, 2.75) is 32.4 Å². The smallest absolute Gasteiger partial charge is 0.338 e. The van der Waals surface area contributed by atoms with Gasteiger partial charge in [0.2, 0.25) is 11.8 Å². The average Bonchev–Trinajstić information content (AvgIpc) is 2.91. The molecule has 1 aliphatic rings. The first-order valence-corrected chi connectivity index (χ1v) is 8.68. The van der Waals surface area contributed by atoms with Crippen molar-refractivity contribution in [2.24, 2.45) is 4.99 Å². The molecule has 0 aromatic carbocycles. The average molecular weight is 355 g/mol. The van der Waals surface area contributed by atoms with Crippen LogP contribution in [-0.4, -0.2) is 39.9 Å². The standard InChI is InChI=1S/C14H17N3O4S2/c1-4-15-14-17-11(19)8(23-14)5-9(18)16-12-10(13(20)21)6(2)7(3)22-12/h8H,4-5H2,1-3H3,(H,16,18)(H,20,21)(H,15,17,19). The molecule has 1 saturated heterocycles. The number of carboxylic acids is 1. The summed E-state index contributed by atoms with van der Waals surface area (Å²) in [4.78, 5) is 40.2. The molecule has 1 unspecified atom stereocenters. The Morgan fingerprint density at radius 3 is 2.70 bits per heavy atom. The van der Waals surface area contributed by atoms with Gasteiger partial charge >= 0.3 is 5.97 Å². The number of nitrogens with zero attached hydrogens (tertiary/aromatic N) is 1. The number of anilines is 1. The monoisotopic (exact) mass is 355 g/mol. The number of aromatic carboxylic acids is 1. The van der Waals surface area contributed by atoms with Crippen LogP contribution < -0.4 is 10.6 Å². The predicted molar refractivity (Wildman–Crippen MR) is 91.5 cm³/mol. The summed E-state index contributed by atoms with van der Waals surface area (Å²) in [5, 5.41) is 14.8. The normalized spacial score (nSPS) is 19.0. The molecule has 7 nitrogen and oxygen atoms in total. The van der Waals surface area contributed by atoms with E-state index in [1.54, 1.807) is 13.8 Å². The molecule has 2 rings (SSSR count). The Kier molecular flexibility index (Phi) is 5.42. The molecule has 2 heterocycles. The van der Waals surface area contributed by atoms with Gasteiger partial charge in [-0.1, -0.05) is 11.8 Å². The van der Waals surface area contributed by atoms with E-state index in [1.165, 1.54) is 23.1 Å². The van der Waals surface area contributed by atoms with Gasteiger partial charge in [-0.05, 0) is 26.3 Å². The lowest BCUT2D eigenvalue weighted by Gasteiger charge is -2.07. The highest BCUT2D eigenvalue weighted by Crippen LogP contribution is 2.33. The SMILES string of the molecule is CCN=C1NC(=O)C(CC(=O)Nc2sc(C)c(C)c2C(=O)O)S1. The van der Waals surface area contributed by atoms with Crippen molar-refractivity contribution in [1.82, 2.24) is 5.32 Å². The van der Waals surface area contributed by atoms with Crippen molar-refractivity contribution in [3.63, 3.8) is 0 Å². The molecule has 0 bridgehead atoms. The zero-order valence-electron chi connectivity index (χ0n) is 12.9. The van der Waals surface area contributed by atoms with Crippen molar-refractivity contribution in [2.75, 3.05) is 11.9 Å². The molecule has 1 aromatic heterocycles. The Balaban J connectivity index is 2.06. The van der Waals surface area contributed by atoms with Gasteiger partial charge in [-0.3, -0.25) is 14.6 Å². The summed E-state index contributed by atoms with van der Waals surface area (Å²) >= 11 is 2.44. The Morgan fingerprint density at radius 2 is 2.09 bits per heavy atom. The summed E-state index contributed by atoms with van der Waals surface area (Å²) in [7, 11) is 0. The lowest BCUT2D eigenvalue weighted by molar-refractivity contribution is -0.122. The van der Waals surface area contributed by atoms with Gasteiger partial charge in [0, 0.05) is 17.8 Å². The van der Waals surface area contributed by atoms with E-state index in [4.69, 9.17) is 0 Å². The predicted octanol–water partition coefficient (Wildman–Crippen LogP) is 2.00. The molecular formula is C14H17N3O4S2. The van der Waals surface area contributed by atoms with E-state index >= 15 is 0 Å². The van der Waals surface area contributed by atoms with Crippen molar-refractivity contribution in [3.8, 4) is 0 Å². The maximum absolute atomic E-state index is 12.1. The van der Waals surface area contributed by atoms with Crippen LogP contribution in [0, 0.1) is 13.8 Å². The first-order chi connectivity index (χ1) is 10.8. The van der Waals surface area contributed by atoms with Crippen molar-refractivity contribution < 1.29 is 19.5 Å². The highest BCUT2D eigenvalue weighted by atomic mass is 32.2. The Bertz CT molecular complexity index is 696. The van der Waals surface area contributed by atoms with Crippen LogP contribution in [0.25, 0.3) is 0 Å². The van der Waals surface area contributed by atoms with Gasteiger partial charge in [-0.25, -0.2) is 4.79 Å². The minimum absolute atomic E-state index is 0.0334. The summed E-state index contributed by atoms with van der Waals surface area (Å²) in [6.45, 7) is 5.92. The molecule has 0 spiro atoms. The fourth-order valence-corrected chi connectivity index (χ4v) is 4.18. The molecule has 1 aliphatic heterocycles. The summed E-state index contributed by atoms with van der Waals surface area (Å²) in [5.74, 6) is -1.72. The topological polar surface area (TPSA) is 108 Å². The highest BCUT2D eigenvalue weighted by molar-refractivity contribution is 8.15. The third kappa shape index (κ3) is 3.91. The van der Waals surface area contributed by atoms with Gasteiger partial charge in [-0.2, -0.15) is 0 Å². The lowest BCUT2D eigenvalue weighted by atomic mass is 10.1. The maximum Gasteiger partial charge on any atom is 0.338 e. The second-order valence-corrected chi connectivity index (χ2v) is 7.34. The van der Waals surface area contributed by atoms with E-state index in [-0.39, 0.29) is 23.8 Å². The maximum atomic E-state index is 12.1. The fraction of sp³-hybridized carbons (Fsp3) is 0.429. The van der Waals surface area contributed by atoms with E-state index in [0.29, 0.717) is 22.3 Å². The van der Waals surface area contributed by atoms with Gasteiger partial charge in [0.25, 0.3) is 0 Å². The summed E-state index contributed by atoms with van der Waals surface area (Å²) in [6, 6.07) is 0. The molecule has 2 amide bonds. The van der Waals surface area contributed by atoms with E-state index in [2.05, 4.69) is 15.6 Å². The van der Waals surface area contributed by atoms with Crippen LogP contribution in [0.4, 0.5) is 5.00 Å². The number of aliphatic imine (C=N–C) groups is 1. The summed E-state index contributed by atoms with van der Waals surface area (Å²) in [6.07, 6.45) is -0.0334. The van der Waals surface area contributed by atoms with Gasteiger partial charge in [0.15, 0.2) is 5.17 Å². The molecular weight excluding hydrogens is 338 g/mol. The zero-order valence-corrected chi connectivity index (χ0v) is 14.6. The van der Waals surface area contributed by atoms with Gasteiger partial charge in [0.1, 0.15) is 10.3 Å². The third-order valence-electron chi connectivity index (χ3n) is 3.30. The van der Waals surface area contributed by atoms with Crippen LogP contribution in [0.3, 0.4) is 0 Å². The molecule has 1 aromatic rings. The van der Waals surface area contributed by atoms with E-state index in [9.17, 15) is 19.5 Å². The number of aryl methyl sites for hydroxylation is 1. The number of carbonyl (C=O) groups excluding carboxylic acids is 2. The Labute approximate surface area is 141 Å². The van der Waals surface area contributed by atoms with E-state index < -0.39 is 11.2 Å². The second-order valence-electron chi connectivity index (χ2n) is 4.92. The van der Waals surface area contributed by atoms with Gasteiger partial charge < -0.3 is 15.7 Å². The number of hydrogen-bond acceptors (Lipinski definition) is 6. The van der Waals surface area contributed by atoms with Crippen molar-refractivity contribution in [1.29, 1.82) is 0 Å². The summed E-state index contributed by atoms with van der Waals surface area (Å²) < 4.78 is 0. The molecule has 9 heteroatoms. The van der Waals surface area contributed by atoms with Gasteiger partial charge in [-0.15, -0.1) is 11.3 Å². The minimum atomic E-state index is -1.08. The number of thioether (sulfide) groups is 1. The Morgan fingerprint density at radius 1 is 1.39 bits per heavy atom. The molecule has 124 valence electrons. The quantitative estimate of drug-likeness (QED) is 0.749. The molecule has 0 radical (unpaired) electrons. The number of amides is 2. The first kappa shape index (κ1) is 17.5. The first-order valence-electron chi connectivity index (χ1n) is 6.98. The molecule has 0 aliphatic carbocycles. The number of thiophene rings is 1. The van der Waals surface area contributed by atoms with Crippen LogP contribution in [0.15, 0.2) is 4.99 Å². The van der Waals surface area contributed by atoms with E-state index in [1.807, 2.05) is 6.92 Å². The summed E-state index contributed by atoms with van der Waals surface area (Å²) in [5.41, 5.74) is 0.751. The molecule has 1 atom stereocenters. The molecule has 1 fully saturated rings. The highest BCUT2D eigenvalue weighted by Gasteiger charge is 2.32. The molecule has 23 heavy (non-hydrogen) atoms. The fourth-order valence-electron chi connectivity index (χ4n) is 2.08. The van der Waals surface area contributed by atoms with Gasteiger partial charge in [0.05, 0.1) is 5.56 Å². The number of hydrogen-bond donors (Lipinski definition) is 3. The molecule has 3 N–H and O–H groups in total. The van der Waals surface area contributed by atoms with Crippen LogP contribution in [0.1, 0.15) is 34.1 Å². The number of carboxylic acid groups (broad SMARTS) is 1. The Hall–Kier alpha value is -1.87.